The van der Waals surface area contributed by atoms with E-state index in [0.717, 1.165) is 34.9 Å². The maximum atomic E-state index is 15.7. The van der Waals surface area contributed by atoms with E-state index >= 15 is 4.39 Å². The van der Waals surface area contributed by atoms with E-state index in [1.54, 1.807) is 50.2 Å². The summed E-state index contributed by atoms with van der Waals surface area (Å²) in [5.74, 6) is -0.895. The van der Waals surface area contributed by atoms with Crippen LogP contribution in [0.25, 0.3) is 11.1 Å². The van der Waals surface area contributed by atoms with Gasteiger partial charge in [-0.3, -0.25) is 28.5 Å². The number of aliphatic hydroxyl groups is 1. The van der Waals surface area contributed by atoms with Crippen LogP contribution >= 0.6 is 7.75 Å². The van der Waals surface area contributed by atoms with Gasteiger partial charge in [-0.15, -0.1) is 0 Å². The Morgan fingerprint density at radius 2 is 1.70 bits per heavy atom. The van der Waals surface area contributed by atoms with Crippen molar-refractivity contribution in [1.82, 2.24) is 20.0 Å². The predicted octanol–water partition coefficient (Wildman–Crippen LogP) is 2.68. The van der Waals surface area contributed by atoms with Gasteiger partial charge in [-0.25, -0.2) is 13.8 Å². The van der Waals surface area contributed by atoms with Crippen LogP contribution in [0.4, 0.5) is 4.39 Å². The summed E-state index contributed by atoms with van der Waals surface area (Å²) in [6.45, 7) is 4.98. The lowest BCUT2D eigenvalue weighted by molar-refractivity contribution is -0.149. The van der Waals surface area contributed by atoms with Crippen molar-refractivity contribution in [3.05, 3.63) is 87.2 Å². The second-order valence-corrected chi connectivity index (χ2v) is 12.7. The molecule has 1 amide bonds. The molecule has 0 spiro atoms. The van der Waals surface area contributed by atoms with Crippen molar-refractivity contribution in [2.24, 2.45) is 0 Å². The van der Waals surface area contributed by atoms with Gasteiger partial charge in [0.15, 0.2) is 11.9 Å². The molecule has 1 aromatic heterocycles. The van der Waals surface area contributed by atoms with Crippen molar-refractivity contribution < 1.29 is 42.2 Å². The van der Waals surface area contributed by atoms with E-state index in [1.807, 2.05) is 4.98 Å². The number of alkyl halides is 1. The molecule has 14 nitrogen and oxygen atoms in total. The Morgan fingerprint density at radius 1 is 1.09 bits per heavy atom. The number of hydrogen-bond acceptors (Lipinski definition) is 10. The summed E-state index contributed by atoms with van der Waals surface area (Å²) in [5, 5.41) is 15.8. The number of ether oxygens (including phenoxy) is 2. The molecule has 0 aliphatic carbocycles. The zero-order valence-electron chi connectivity index (χ0n) is 25.8. The molecule has 248 valence electrons. The summed E-state index contributed by atoms with van der Waals surface area (Å²) in [6.07, 6.45) is -4.41. The van der Waals surface area contributed by atoms with Crippen LogP contribution in [0.1, 0.15) is 44.3 Å². The highest BCUT2D eigenvalue weighted by molar-refractivity contribution is 7.52. The van der Waals surface area contributed by atoms with Crippen molar-refractivity contribution in [3.63, 3.8) is 0 Å². The number of esters is 1. The number of H-pyrrole nitrogens is 1. The highest BCUT2D eigenvalue weighted by Gasteiger charge is 2.56. The third-order valence-electron chi connectivity index (χ3n) is 7.07. The average Bonchev–Trinajstić information content (AvgIpc) is 3.23. The fourth-order valence-corrected chi connectivity index (χ4v) is 6.16. The summed E-state index contributed by atoms with van der Waals surface area (Å²) in [4.78, 5) is 50.1. The predicted molar refractivity (Wildman–Crippen MR) is 164 cm³/mol. The Kier molecular flexibility index (Phi) is 10.6. The van der Waals surface area contributed by atoms with Crippen molar-refractivity contribution in [3.8, 4) is 16.9 Å². The van der Waals surface area contributed by atoms with E-state index in [2.05, 4.69) is 10.4 Å². The number of carbonyl (C=O) groups is 2. The van der Waals surface area contributed by atoms with Gasteiger partial charge >= 0.3 is 19.4 Å². The molecule has 16 heteroatoms. The van der Waals surface area contributed by atoms with Gasteiger partial charge in [-0.05, 0) is 63.1 Å². The molecular weight excluding hydrogens is 626 g/mol. The molecule has 2 aromatic carbocycles. The van der Waals surface area contributed by atoms with E-state index in [9.17, 15) is 28.8 Å². The number of aromatic nitrogens is 2. The van der Waals surface area contributed by atoms with Gasteiger partial charge in [-0.2, -0.15) is 5.09 Å². The van der Waals surface area contributed by atoms with Crippen molar-refractivity contribution in [2.45, 2.75) is 63.9 Å². The summed E-state index contributed by atoms with van der Waals surface area (Å²) in [7, 11) is -2.92. The van der Waals surface area contributed by atoms with Crippen LogP contribution in [0.2, 0.25) is 0 Å². The van der Waals surface area contributed by atoms with E-state index < -0.39 is 67.8 Å². The van der Waals surface area contributed by atoms with Crippen molar-refractivity contribution in [2.75, 3.05) is 13.7 Å². The molecule has 0 bridgehead atoms. The van der Waals surface area contributed by atoms with Gasteiger partial charge in [0.1, 0.15) is 24.0 Å². The Balaban J connectivity index is 1.54. The number of aromatic amines is 1. The summed E-state index contributed by atoms with van der Waals surface area (Å²) in [5.41, 5.74) is -2.17. The quantitative estimate of drug-likeness (QED) is 0.165. The molecule has 2 heterocycles. The lowest BCUT2D eigenvalue weighted by Gasteiger charge is -2.25. The van der Waals surface area contributed by atoms with Gasteiger partial charge in [0.25, 0.3) is 11.5 Å². The van der Waals surface area contributed by atoms with E-state index in [1.165, 1.54) is 26.1 Å². The molecular formula is C30H36FN4O10P. The first kappa shape index (κ1) is 34.7. The maximum absolute atomic E-state index is 15.7. The molecule has 46 heavy (non-hydrogen) atoms. The van der Waals surface area contributed by atoms with Gasteiger partial charge in [0, 0.05) is 24.9 Å². The van der Waals surface area contributed by atoms with Gasteiger partial charge < -0.3 is 24.4 Å². The van der Waals surface area contributed by atoms with Crippen LogP contribution in [0.15, 0.2) is 70.4 Å². The van der Waals surface area contributed by atoms with Crippen LogP contribution < -0.4 is 26.2 Å². The molecule has 0 radical (unpaired) electrons. The minimum absolute atomic E-state index is 0.0758. The lowest BCUT2D eigenvalue weighted by Crippen LogP contribution is -2.43. The highest BCUT2D eigenvalue weighted by Crippen LogP contribution is 2.47. The largest absolute Gasteiger partial charge is 0.462 e. The van der Waals surface area contributed by atoms with E-state index in [4.69, 9.17) is 18.5 Å². The number of amides is 1. The van der Waals surface area contributed by atoms with Gasteiger partial charge in [-0.1, -0.05) is 24.3 Å². The van der Waals surface area contributed by atoms with Crippen LogP contribution in [0.5, 0.6) is 5.75 Å². The number of nitrogens with zero attached hydrogens (tertiary/aromatic N) is 1. The summed E-state index contributed by atoms with van der Waals surface area (Å²) in [6, 6.07) is 13.0. The molecule has 4 N–H and O–H groups in total. The number of hydrogen-bond donors (Lipinski definition) is 4. The number of halogens is 1. The molecule has 1 aliphatic heterocycles. The topological polar surface area (TPSA) is 187 Å². The first-order chi connectivity index (χ1) is 21.6. The number of nitrogens with one attached hydrogen (secondary N) is 3. The van der Waals surface area contributed by atoms with Crippen LogP contribution in [0.3, 0.4) is 0 Å². The first-order valence-corrected chi connectivity index (χ1v) is 15.9. The maximum Gasteiger partial charge on any atom is 0.459 e. The molecule has 1 saturated heterocycles. The molecule has 6 atom stereocenters. The molecule has 0 saturated carbocycles. The number of rotatable bonds is 12. The van der Waals surface area contributed by atoms with E-state index in [-0.39, 0.29) is 11.7 Å². The van der Waals surface area contributed by atoms with Crippen LogP contribution in [-0.2, 0) is 23.4 Å². The number of carbonyl (C=O) groups excluding carboxylic acids is 2. The second-order valence-electron chi connectivity index (χ2n) is 11.0. The Morgan fingerprint density at radius 3 is 2.26 bits per heavy atom. The van der Waals surface area contributed by atoms with Crippen molar-refractivity contribution >= 4 is 19.6 Å². The highest BCUT2D eigenvalue weighted by atomic mass is 31.2. The zero-order valence-corrected chi connectivity index (χ0v) is 26.7. The standard InChI is InChI=1S/C30H36FN4O10P/c1-17(2)43-27(39)18(3)34-46(41,45-22-12-10-20(11-13-22)19-6-8-21(9-7-19)26(38)32-5)42-16-23-25(37)30(4,31)28(44-23)35-15-14-24(36)33-29(35)40/h6-15,17-18,23,25,28,37H,16H2,1-5H3,(H,32,38)(H,34,41)(H,33,36,40)/t18-,23+,25+,28+,30+,46?/m0/s1. The van der Waals surface area contributed by atoms with E-state index in [0.29, 0.717) is 5.56 Å². The smallest absolute Gasteiger partial charge is 0.459 e. The molecule has 1 unspecified atom stereocenters. The zero-order chi connectivity index (χ0) is 33.8. The van der Waals surface area contributed by atoms with Crippen LogP contribution in [-0.4, -0.2) is 70.2 Å². The molecule has 4 rings (SSSR count). The van der Waals surface area contributed by atoms with Crippen molar-refractivity contribution in [1.29, 1.82) is 0 Å². The minimum atomic E-state index is -4.46. The first-order valence-electron chi connectivity index (χ1n) is 14.3. The fourth-order valence-electron chi connectivity index (χ4n) is 4.65. The fraction of sp³-hybridized carbons (Fsp3) is 0.400. The Bertz CT molecular complexity index is 1710. The number of aliphatic hydroxyl groups excluding tert-OH is 1. The molecule has 3 aromatic rings. The molecule has 1 fully saturated rings. The monoisotopic (exact) mass is 662 g/mol. The third kappa shape index (κ3) is 7.98. The lowest BCUT2D eigenvalue weighted by atomic mass is 9.98. The van der Waals surface area contributed by atoms with Gasteiger partial charge in [0.2, 0.25) is 0 Å². The Labute approximate surface area is 263 Å². The summed E-state index contributed by atoms with van der Waals surface area (Å²) < 4.78 is 52.5. The second kappa shape index (κ2) is 14.1. The minimum Gasteiger partial charge on any atom is -0.462 e. The normalized spacial score (nSPS) is 23.0. The van der Waals surface area contributed by atoms with Gasteiger partial charge in [0.05, 0.1) is 12.7 Å². The number of benzene rings is 2. The average molecular weight is 663 g/mol. The Hall–Kier alpha value is -4.14. The third-order valence-corrected chi connectivity index (χ3v) is 8.72. The summed E-state index contributed by atoms with van der Waals surface area (Å²) >= 11 is 0. The SMILES string of the molecule is CNC(=O)c1ccc(-c2ccc(OP(=O)(N[C@@H](C)C(=O)OC(C)C)OC[C@H]3O[C@@H](n4ccc(=O)[nH]c4=O)[C@](C)(F)[C@@H]3O)cc2)cc1. The van der Waals surface area contributed by atoms with Crippen LogP contribution in [0, 0.1) is 0 Å². The molecule has 1 aliphatic rings.